The van der Waals surface area contributed by atoms with Crippen molar-refractivity contribution >= 4 is 6.03 Å². The van der Waals surface area contributed by atoms with E-state index in [9.17, 15) is 9.18 Å². The van der Waals surface area contributed by atoms with Gasteiger partial charge in [-0.25, -0.2) is 9.18 Å². The molecule has 1 aromatic rings. The smallest absolute Gasteiger partial charge is 0.317 e. The average molecular weight is 266 g/mol. The molecular weight excluding hydrogens is 247 g/mol. The molecule has 4 nitrogen and oxygen atoms in total. The van der Waals surface area contributed by atoms with Gasteiger partial charge >= 0.3 is 6.03 Å². The van der Waals surface area contributed by atoms with Gasteiger partial charge in [-0.15, -0.1) is 0 Å². The van der Waals surface area contributed by atoms with E-state index in [1.807, 2.05) is 0 Å². The summed E-state index contributed by atoms with van der Waals surface area (Å²) < 4.78 is 18.5. The van der Waals surface area contributed by atoms with Crippen molar-refractivity contribution in [2.45, 2.75) is 25.5 Å². The summed E-state index contributed by atoms with van der Waals surface area (Å²) in [6.45, 7) is 1.70. The van der Waals surface area contributed by atoms with Gasteiger partial charge < -0.3 is 15.0 Å². The predicted molar refractivity (Wildman–Crippen MR) is 70.2 cm³/mol. The molecule has 1 atom stereocenters. The van der Waals surface area contributed by atoms with Gasteiger partial charge in [0, 0.05) is 26.7 Å². The van der Waals surface area contributed by atoms with Crippen LogP contribution >= 0.6 is 0 Å². The molecule has 2 amide bonds. The van der Waals surface area contributed by atoms with E-state index in [2.05, 4.69) is 5.32 Å². The van der Waals surface area contributed by atoms with E-state index in [1.54, 1.807) is 19.2 Å². The zero-order chi connectivity index (χ0) is 13.7. The van der Waals surface area contributed by atoms with Gasteiger partial charge in [-0.05, 0) is 30.5 Å². The number of urea groups is 1. The van der Waals surface area contributed by atoms with Crippen LogP contribution in [0.2, 0.25) is 0 Å². The quantitative estimate of drug-likeness (QED) is 0.907. The van der Waals surface area contributed by atoms with Crippen molar-refractivity contribution in [2.75, 3.05) is 20.2 Å². The van der Waals surface area contributed by atoms with Crippen LogP contribution in [0.1, 0.15) is 18.4 Å². The molecule has 1 heterocycles. The maximum atomic E-state index is 13.0. The number of carbonyl (C=O) groups excluding carboxylic acids is 1. The lowest BCUT2D eigenvalue weighted by Crippen LogP contribution is -2.40. The third-order valence-electron chi connectivity index (χ3n) is 3.16. The molecule has 1 aliphatic heterocycles. The molecule has 0 bridgehead atoms. The van der Waals surface area contributed by atoms with E-state index >= 15 is 0 Å². The van der Waals surface area contributed by atoms with E-state index in [4.69, 9.17) is 4.74 Å². The van der Waals surface area contributed by atoms with Crippen molar-refractivity contribution in [1.82, 2.24) is 10.2 Å². The maximum Gasteiger partial charge on any atom is 0.317 e. The third-order valence-corrected chi connectivity index (χ3v) is 3.16. The first-order valence-corrected chi connectivity index (χ1v) is 6.50. The molecule has 19 heavy (non-hydrogen) atoms. The van der Waals surface area contributed by atoms with Crippen LogP contribution < -0.4 is 5.32 Å². The Hall–Kier alpha value is -1.62. The first-order chi connectivity index (χ1) is 9.15. The fraction of sp³-hybridized carbons (Fsp3) is 0.500. The third kappa shape index (κ3) is 4.21. The molecule has 0 radical (unpaired) electrons. The van der Waals surface area contributed by atoms with Crippen LogP contribution in [0.15, 0.2) is 24.3 Å². The summed E-state index contributed by atoms with van der Waals surface area (Å²) in [7, 11) is 1.69. The molecule has 2 rings (SSSR count). The molecule has 1 saturated heterocycles. The zero-order valence-electron chi connectivity index (χ0n) is 11.1. The second kappa shape index (κ2) is 6.52. The highest BCUT2D eigenvalue weighted by Crippen LogP contribution is 2.11. The molecule has 5 heteroatoms. The predicted octanol–water partition coefficient (Wildman–Crippen LogP) is 2.15. The van der Waals surface area contributed by atoms with E-state index < -0.39 is 0 Å². The van der Waals surface area contributed by atoms with Gasteiger partial charge in [0.05, 0.1) is 6.10 Å². The Morgan fingerprint density at radius 1 is 1.58 bits per heavy atom. The van der Waals surface area contributed by atoms with Crippen molar-refractivity contribution in [3.05, 3.63) is 35.6 Å². The molecule has 1 unspecified atom stereocenters. The van der Waals surface area contributed by atoms with Crippen LogP contribution in [0.25, 0.3) is 0 Å². The van der Waals surface area contributed by atoms with Crippen molar-refractivity contribution in [3.63, 3.8) is 0 Å². The van der Waals surface area contributed by atoms with Crippen molar-refractivity contribution in [2.24, 2.45) is 0 Å². The Morgan fingerprint density at radius 3 is 3.11 bits per heavy atom. The first-order valence-electron chi connectivity index (χ1n) is 6.50. The molecular formula is C14H19FN2O2. The minimum absolute atomic E-state index is 0.131. The van der Waals surface area contributed by atoms with Crippen LogP contribution in [-0.2, 0) is 11.3 Å². The molecule has 0 aromatic heterocycles. The lowest BCUT2D eigenvalue weighted by atomic mass is 10.2. The lowest BCUT2D eigenvalue weighted by Gasteiger charge is -2.19. The van der Waals surface area contributed by atoms with Crippen LogP contribution in [0, 0.1) is 5.82 Å². The molecule has 0 aliphatic carbocycles. The van der Waals surface area contributed by atoms with Gasteiger partial charge in [0.25, 0.3) is 0 Å². The fourth-order valence-electron chi connectivity index (χ4n) is 2.12. The number of rotatable bonds is 4. The zero-order valence-corrected chi connectivity index (χ0v) is 11.1. The summed E-state index contributed by atoms with van der Waals surface area (Å²) >= 11 is 0. The summed E-state index contributed by atoms with van der Waals surface area (Å²) in [5, 5.41) is 2.83. The van der Waals surface area contributed by atoms with Gasteiger partial charge in [0.1, 0.15) is 5.82 Å². The van der Waals surface area contributed by atoms with Gasteiger partial charge in [0.2, 0.25) is 0 Å². The van der Waals surface area contributed by atoms with Gasteiger partial charge in [-0.1, -0.05) is 12.1 Å². The van der Waals surface area contributed by atoms with Crippen molar-refractivity contribution in [3.8, 4) is 0 Å². The van der Waals surface area contributed by atoms with E-state index in [0.717, 1.165) is 25.0 Å². The van der Waals surface area contributed by atoms with Crippen LogP contribution in [-0.4, -0.2) is 37.2 Å². The number of carbonyl (C=O) groups is 1. The van der Waals surface area contributed by atoms with Gasteiger partial charge in [-0.2, -0.15) is 0 Å². The molecule has 0 saturated carbocycles. The summed E-state index contributed by atoms with van der Waals surface area (Å²) in [4.78, 5) is 13.4. The highest BCUT2D eigenvalue weighted by atomic mass is 19.1. The SMILES string of the molecule is CN(Cc1cccc(F)c1)C(=O)NCC1CCCO1. The minimum atomic E-state index is -0.286. The largest absolute Gasteiger partial charge is 0.376 e. The molecule has 0 spiro atoms. The minimum Gasteiger partial charge on any atom is -0.376 e. The lowest BCUT2D eigenvalue weighted by molar-refractivity contribution is 0.109. The van der Waals surface area contributed by atoms with Gasteiger partial charge in [0.15, 0.2) is 0 Å². The van der Waals surface area contributed by atoms with E-state index in [0.29, 0.717) is 13.1 Å². The average Bonchev–Trinajstić information content (AvgIpc) is 2.89. The molecule has 104 valence electrons. The molecule has 1 fully saturated rings. The maximum absolute atomic E-state index is 13.0. The Morgan fingerprint density at radius 2 is 2.42 bits per heavy atom. The highest BCUT2D eigenvalue weighted by molar-refractivity contribution is 5.73. The van der Waals surface area contributed by atoms with Crippen LogP contribution in [0.3, 0.4) is 0 Å². The first kappa shape index (κ1) is 13.8. The Bertz CT molecular complexity index is 433. The van der Waals surface area contributed by atoms with Crippen molar-refractivity contribution in [1.29, 1.82) is 0 Å². The summed E-state index contributed by atoms with van der Waals surface area (Å²) in [5.74, 6) is -0.286. The Balaban J connectivity index is 1.78. The van der Waals surface area contributed by atoms with Crippen molar-refractivity contribution < 1.29 is 13.9 Å². The number of amides is 2. The fourth-order valence-corrected chi connectivity index (χ4v) is 2.12. The second-order valence-corrected chi connectivity index (χ2v) is 4.81. The number of halogens is 1. The molecule has 1 N–H and O–H groups in total. The van der Waals surface area contributed by atoms with Crippen LogP contribution in [0.4, 0.5) is 9.18 Å². The normalized spacial score (nSPS) is 18.3. The number of nitrogens with one attached hydrogen (secondary N) is 1. The summed E-state index contributed by atoms with van der Waals surface area (Å²) in [6.07, 6.45) is 2.18. The van der Waals surface area contributed by atoms with Crippen LogP contribution in [0.5, 0.6) is 0 Å². The van der Waals surface area contributed by atoms with E-state index in [-0.39, 0.29) is 18.0 Å². The summed E-state index contributed by atoms with van der Waals surface area (Å²) in [6, 6.07) is 6.10. The number of benzene rings is 1. The standard InChI is InChI=1S/C14H19FN2O2/c1-17(10-11-4-2-5-12(15)8-11)14(18)16-9-13-6-3-7-19-13/h2,4-5,8,13H,3,6-7,9-10H2,1H3,(H,16,18). The Labute approximate surface area is 112 Å². The number of hydrogen-bond donors (Lipinski definition) is 1. The summed E-state index contributed by atoms with van der Waals surface area (Å²) in [5.41, 5.74) is 0.773. The highest BCUT2D eigenvalue weighted by Gasteiger charge is 2.17. The second-order valence-electron chi connectivity index (χ2n) is 4.81. The number of hydrogen-bond acceptors (Lipinski definition) is 2. The number of ether oxygens (including phenoxy) is 1. The molecule has 1 aromatic carbocycles. The molecule has 1 aliphatic rings. The Kier molecular flexibility index (Phi) is 4.74. The topological polar surface area (TPSA) is 41.6 Å². The van der Waals surface area contributed by atoms with E-state index in [1.165, 1.54) is 17.0 Å². The monoisotopic (exact) mass is 266 g/mol. The number of nitrogens with zero attached hydrogens (tertiary/aromatic N) is 1. The van der Waals surface area contributed by atoms with Gasteiger partial charge in [-0.3, -0.25) is 0 Å².